The summed E-state index contributed by atoms with van der Waals surface area (Å²) in [4.78, 5) is 32.4. The quantitative estimate of drug-likeness (QED) is 0.508. The SMILES string of the molecule is CC(C)n1nccc1NC(=O)[C@@H](C)Sc1nc2sc3c(c2c(=O)n1C)CCC3. The van der Waals surface area contributed by atoms with E-state index in [9.17, 15) is 9.59 Å². The highest BCUT2D eigenvalue weighted by atomic mass is 32.2. The average molecular weight is 418 g/mol. The van der Waals surface area contributed by atoms with Crippen molar-refractivity contribution < 1.29 is 4.79 Å². The number of carbonyl (C=O) groups is 1. The first kappa shape index (κ1) is 19.2. The maximum Gasteiger partial charge on any atom is 0.262 e. The third kappa shape index (κ3) is 3.26. The van der Waals surface area contributed by atoms with Crippen LogP contribution in [0, 0.1) is 0 Å². The standard InChI is InChI=1S/C19H23N5O2S2/c1-10(2)24-14(8-9-20-24)21-16(25)11(3)27-19-22-17-15(18(26)23(19)4)12-6-5-7-13(12)28-17/h8-11H,5-7H2,1-4H3,(H,21,25)/t11-/m1/s1. The van der Waals surface area contributed by atoms with Crippen LogP contribution in [0.3, 0.4) is 0 Å². The maximum absolute atomic E-state index is 12.9. The van der Waals surface area contributed by atoms with Crippen LogP contribution in [-0.2, 0) is 24.7 Å². The molecule has 0 bridgehead atoms. The van der Waals surface area contributed by atoms with Gasteiger partial charge >= 0.3 is 0 Å². The van der Waals surface area contributed by atoms with Crippen LogP contribution < -0.4 is 10.9 Å². The van der Waals surface area contributed by atoms with E-state index >= 15 is 0 Å². The number of hydrogen-bond acceptors (Lipinski definition) is 6. The van der Waals surface area contributed by atoms with Crippen LogP contribution in [-0.4, -0.2) is 30.5 Å². The number of aryl methyl sites for hydroxylation is 2. The Balaban J connectivity index is 1.57. The first-order valence-electron chi connectivity index (χ1n) is 9.39. The molecular formula is C19H23N5O2S2. The van der Waals surface area contributed by atoms with Gasteiger partial charge in [-0.25, -0.2) is 9.67 Å². The zero-order chi connectivity index (χ0) is 20.0. The Hall–Kier alpha value is -2.13. The fourth-order valence-corrected chi connectivity index (χ4v) is 5.65. The molecule has 7 nitrogen and oxygen atoms in total. The van der Waals surface area contributed by atoms with Crippen molar-refractivity contribution >= 4 is 45.0 Å². The highest BCUT2D eigenvalue weighted by molar-refractivity contribution is 8.00. The Bertz CT molecular complexity index is 1110. The van der Waals surface area contributed by atoms with Crippen LogP contribution in [0.1, 0.15) is 43.7 Å². The topological polar surface area (TPSA) is 81.8 Å². The normalized spacial score (nSPS) is 14.6. The van der Waals surface area contributed by atoms with E-state index < -0.39 is 5.25 Å². The fraction of sp³-hybridized carbons (Fsp3) is 0.474. The third-order valence-corrected chi connectivity index (χ3v) is 7.30. The second kappa shape index (κ2) is 7.36. The third-order valence-electron chi connectivity index (χ3n) is 4.97. The molecule has 0 radical (unpaired) electrons. The van der Waals surface area contributed by atoms with Gasteiger partial charge in [-0.1, -0.05) is 11.8 Å². The summed E-state index contributed by atoms with van der Waals surface area (Å²) in [6.07, 6.45) is 4.77. The lowest BCUT2D eigenvalue weighted by atomic mass is 10.2. The van der Waals surface area contributed by atoms with Gasteiger partial charge in [0.2, 0.25) is 5.91 Å². The molecule has 0 saturated carbocycles. The Morgan fingerprint density at radius 2 is 2.11 bits per heavy atom. The Kier molecular flexibility index (Phi) is 5.05. The predicted octanol–water partition coefficient (Wildman–Crippen LogP) is 3.38. The first-order valence-corrected chi connectivity index (χ1v) is 11.1. The molecule has 0 fully saturated rings. The smallest absolute Gasteiger partial charge is 0.262 e. The van der Waals surface area contributed by atoms with E-state index in [1.54, 1.807) is 39.9 Å². The van der Waals surface area contributed by atoms with Gasteiger partial charge in [-0.15, -0.1) is 11.3 Å². The van der Waals surface area contributed by atoms with Crippen molar-refractivity contribution in [1.29, 1.82) is 0 Å². The zero-order valence-electron chi connectivity index (χ0n) is 16.4. The first-order chi connectivity index (χ1) is 13.4. The minimum absolute atomic E-state index is 0.0163. The monoisotopic (exact) mass is 417 g/mol. The predicted molar refractivity (Wildman–Crippen MR) is 113 cm³/mol. The van der Waals surface area contributed by atoms with Crippen LogP contribution in [0.4, 0.5) is 5.82 Å². The number of carbonyl (C=O) groups excluding carboxylic acids is 1. The van der Waals surface area contributed by atoms with Gasteiger partial charge < -0.3 is 5.32 Å². The average Bonchev–Trinajstić information content (AvgIpc) is 3.34. The molecule has 0 spiro atoms. The number of fused-ring (bicyclic) bond motifs is 3. The van der Waals surface area contributed by atoms with Crippen LogP contribution in [0.25, 0.3) is 10.2 Å². The Labute approximate surface area is 171 Å². The van der Waals surface area contributed by atoms with Crippen LogP contribution in [0.15, 0.2) is 22.2 Å². The maximum atomic E-state index is 12.9. The zero-order valence-corrected chi connectivity index (χ0v) is 18.0. The fourth-order valence-electron chi connectivity index (χ4n) is 3.48. The van der Waals surface area contributed by atoms with Gasteiger partial charge in [0.05, 0.1) is 16.8 Å². The molecule has 1 atom stereocenters. The minimum Gasteiger partial charge on any atom is -0.310 e. The summed E-state index contributed by atoms with van der Waals surface area (Å²) in [6.45, 7) is 5.84. The molecule has 1 aliphatic rings. The van der Waals surface area contributed by atoms with Crippen molar-refractivity contribution in [3.8, 4) is 0 Å². The summed E-state index contributed by atoms with van der Waals surface area (Å²) in [7, 11) is 1.73. The molecule has 9 heteroatoms. The van der Waals surface area contributed by atoms with Gasteiger partial charge in [-0.3, -0.25) is 14.2 Å². The van der Waals surface area contributed by atoms with E-state index in [1.807, 2.05) is 20.8 Å². The molecule has 1 amide bonds. The molecule has 148 valence electrons. The number of hydrogen-bond donors (Lipinski definition) is 1. The van der Waals surface area contributed by atoms with Gasteiger partial charge in [0, 0.05) is 24.0 Å². The van der Waals surface area contributed by atoms with E-state index in [-0.39, 0.29) is 17.5 Å². The minimum atomic E-state index is -0.405. The van der Waals surface area contributed by atoms with Gasteiger partial charge in [0.1, 0.15) is 10.6 Å². The molecule has 3 aromatic rings. The van der Waals surface area contributed by atoms with E-state index in [2.05, 4.69) is 10.4 Å². The number of nitrogens with one attached hydrogen (secondary N) is 1. The van der Waals surface area contributed by atoms with Crippen molar-refractivity contribution in [2.24, 2.45) is 7.05 Å². The molecule has 3 aromatic heterocycles. The molecule has 0 aliphatic heterocycles. The lowest BCUT2D eigenvalue weighted by molar-refractivity contribution is -0.115. The lowest BCUT2D eigenvalue weighted by Crippen LogP contribution is -2.26. The largest absolute Gasteiger partial charge is 0.310 e. The Morgan fingerprint density at radius 3 is 2.86 bits per heavy atom. The van der Waals surface area contributed by atoms with E-state index in [1.165, 1.54) is 22.2 Å². The van der Waals surface area contributed by atoms with Crippen LogP contribution in [0.2, 0.25) is 0 Å². The summed E-state index contributed by atoms with van der Waals surface area (Å²) in [5, 5.41) is 8.09. The molecule has 28 heavy (non-hydrogen) atoms. The molecule has 3 heterocycles. The summed E-state index contributed by atoms with van der Waals surface area (Å²) < 4.78 is 3.34. The second-order valence-corrected chi connectivity index (χ2v) is 9.69. The van der Waals surface area contributed by atoms with Gasteiger partial charge in [0.25, 0.3) is 5.56 Å². The molecule has 1 N–H and O–H groups in total. The van der Waals surface area contributed by atoms with Crippen molar-refractivity contribution in [3.63, 3.8) is 0 Å². The van der Waals surface area contributed by atoms with Crippen molar-refractivity contribution in [2.75, 3.05) is 5.32 Å². The van der Waals surface area contributed by atoms with Crippen molar-refractivity contribution in [3.05, 3.63) is 33.1 Å². The second-order valence-electron chi connectivity index (χ2n) is 7.30. The number of amides is 1. The summed E-state index contributed by atoms with van der Waals surface area (Å²) in [5.41, 5.74) is 1.16. The molecular weight excluding hydrogens is 394 g/mol. The highest BCUT2D eigenvalue weighted by Crippen LogP contribution is 2.35. The van der Waals surface area contributed by atoms with Gasteiger partial charge in [-0.2, -0.15) is 5.10 Å². The van der Waals surface area contributed by atoms with E-state index in [4.69, 9.17) is 4.98 Å². The number of rotatable bonds is 5. The summed E-state index contributed by atoms with van der Waals surface area (Å²) >= 11 is 2.92. The van der Waals surface area contributed by atoms with Crippen molar-refractivity contribution in [1.82, 2.24) is 19.3 Å². The number of thioether (sulfide) groups is 1. The molecule has 0 aromatic carbocycles. The lowest BCUT2D eigenvalue weighted by Gasteiger charge is -2.15. The van der Waals surface area contributed by atoms with Crippen LogP contribution >= 0.6 is 23.1 Å². The Morgan fingerprint density at radius 1 is 1.32 bits per heavy atom. The van der Waals surface area contributed by atoms with Crippen molar-refractivity contribution in [2.45, 2.75) is 56.5 Å². The van der Waals surface area contributed by atoms with E-state index in [0.717, 1.165) is 29.5 Å². The number of thiophene rings is 1. The number of aromatic nitrogens is 4. The summed E-state index contributed by atoms with van der Waals surface area (Å²) in [5.74, 6) is 0.523. The number of anilines is 1. The molecule has 0 unspecified atom stereocenters. The molecule has 0 saturated heterocycles. The summed E-state index contributed by atoms with van der Waals surface area (Å²) in [6, 6.07) is 1.93. The van der Waals surface area contributed by atoms with Crippen LogP contribution in [0.5, 0.6) is 0 Å². The molecule has 4 rings (SSSR count). The highest BCUT2D eigenvalue weighted by Gasteiger charge is 2.24. The van der Waals surface area contributed by atoms with E-state index in [0.29, 0.717) is 11.0 Å². The van der Waals surface area contributed by atoms with Gasteiger partial charge in [0.15, 0.2) is 5.16 Å². The number of nitrogens with zero attached hydrogens (tertiary/aromatic N) is 4. The van der Waals surface area contributed by atoms with Gasteiger partial charge in [-0.05, 0) is 45.6 Å². The molecule has 1 aliphatic carbocycles.